The zero-order chi connectivity index (χ0) is 21.0. The summed E-state index contributed by atoms with van der Waals surface area (Å²) in [6, 6.07) is 8.67. The van der Waals surface area contributed by atoms with Gasteiger partial charge in [-0.2, -0.15) is 5.26 Å². The molecular weight excluding hydrogens is 378 g/mol. The molecule has 9 nitrogen and oxygen atoms in total. The molecule has 1 amide bonds. The molecule has 0 radical (unpaired) electrons. The Morgan fingerprint density at radius 1 is 1.24 bits per heavy atom. The lowest BCUT2D eigenvalue weighted by atomic mass is 10.0. The average molecular weight is 399 g/mol. The molecule has 0 atom stereocenters. The van der Waals surface area contributed by atoms with Crippen LogP contribution >= 0.6 is 0 Å². The van der Waals surface area contributed by atoms with Gasteiger partial charge >= 0.3 is 5.63 Å². The standard InChI is InChI=1S/C20H21N3O6/c21-9-15(18(27)22-20(10-24,11-25)12-26)7-14-6-13-2-3-16(23-4-1-5-23)8-17(13)29-19(14)28/h2-3,6-8,24-26H,1,4-5,10-12H2,(H,22,27)/b15-7+. The summed E-state index contributed by atoms with van der Waals surface area (Å²) >= 11 is 0. The predicted molar refractivity (Wildman–Crippen MR) is 105 cm³/mol. The highest BCUT2D eigenvalue weighted by Crippen LogP contribution is 2.25. The van der Waals surface area contributed by atoms with Crippen molar-refractivity contribution in [2.24, 2.45) is 0 Å². The highest BCUT2D eigenvalue weighted by atomic mass is 16.4. The molecule has 9 heteroatoms. The lowest BCUT2D eigenvalue weighted by molar-refractivity contribution is -0.121. The Bertz CT molecular complexity index is 1040. The number of anilines is 1. The van der Waals surface area contributed by atoms with Gasteiger partial charge < -0.3 is 30.0 Å². The molecule has 4 N–H and O–H groups in total. The van der Waals surface area contributed by atoms with E-state index in [1.54, 1.807) is 18.2 Å². The summed E-state index contributed by atoms with van der Waals surface area (Å²) in [5.74, 6) is -0.947. The van der Waals surface area contributed by atoms with Gasteiger partial charge in [-0.3, -0.25) is 4.79 Å². The van der Waals surface area contributed by atoms with Crippen LogP contribution in [0.3, 0.4) is 0 Å². The van der Waals surface area contributed by atoms with E-state index in [-0.39, 0.29) is 5.56 Å². The summed E-state index contributed by atoms with van der Waals surface area (Å²) in [4.78, 5) is 26.8. The summed E-state index contributed by atoms with van der Waals surface area (Å²) in [7, 11) is 0. The van der Waals surface area contributed by atoms with E-state index in [9.17, 15) is 30.2 Å². The molecule has 1 saturated heterocycles. The van der Waals surface area contributed by atoms with Gasteiger partial charge in [0.15, 0.2) is 0 Å². The van der Waals surface area contributed by atoms with Gasteiger partial charge in [-0.1, -0.05) is 0 Å². The summed E-state index contributed by atoms with van der Waals surface area (Å²) < 4.78 is 5.35. The van der Waals surface area contributed by atoms with Crippen LogP contribution in [0.5, 0.6) is 0 Å². The fourth-order valence-corrected chi connectivity index (χ4v) is 2.87. The number of fused-ring (bicyclic) bond motifs is 1. The van der Waals surface area contributed by atoms with Crippen LogP contribution in [0, 0.1) is 11.3 Å². The Hall–Kier alpha value is -3.19. The maximum atomic E-state index is 12.3. The molecule has 3 rings (SSSR count). The van der Waals surface area contributed by atoms with Crippen LogP contribution in [-0.2, 0) is 4.79 Å². The maximum absolute atomic E-state index is 12.3. The maximum Gasteiger partial charge on any atom is 0.343 e. The molecule has 29 heavy (non-hydrogen) atoms. The molecule has 1 aliphatic rings. The number of benzene rings is 1. The number of nitriles is 1. The van der Waals surface area contributed by atoms with Crippen LogP contribution in [0.2, 0.25) is 0 Å². The number of hydrogen-bond acceptors (Lipinski definition) is 8. The number of hydrogen-bond donors (Lipinski definition) is 4. The number of carbonyl (C=O) groups is 1. The van der Waals surface area contributed by atoms with Crippen LogP contribution in [-0.4, -0.2) is 59.7 Å². The minimum Gasteiger partial charge on any atom is -0.422 e. The first-order valence-electron chi connectivity index (χ1n) is 9.05. The second-order valence-corrected chi connectivity index (χ2v) is 6.93. The van der Waals surface area contributed by atoms with Gasteiger partial charge in [-0.05, 0) is 30.7 Å². The number of carbonyl (C=O) groups excluding carboxylic acids is 1. The highest BCUT2D eigenvalue weighted by molar-refractivity contribution is 6.02. The highest BCUT2D eigenvalue weighted by Gasteiger charge is 2.31. The van der Waals surface area contributed by atoms with Crippen LogP contribution in [0.15, 0.2) is 39.1 Å². The second-order valence-electron chi connectivity index (χ2n) is 6.93. The van der Waals surface area contributed by atoms with Crippen LogP contribution in [0.4, 0.5) is 5.69 Å². The van der Waals surface area contributed by atoms with Crippen molar-refractivity contribution in [2.75, 3.05) is 37.8 Å². The van der Waals surface area contributed by atoms with Crippen molar-refractivity contribution >= 4 is 28.6 Å². The van der Waals surface area contributed by atoms with Gasteiger partial charge in [0.1, 0.15) is 22.8 Å². The number of nitrogens with one attached hydrogen (secondary N) is 1. The number of nitrogens with zero attached hydrogens (tertiary/aromatic N) is 2. The zero-order valence-corrected chi connectivity index (χ0v) is 15.6. The van der Waals surface area contributed by atoms with Crippen LogP contribution in [0.1, 0.15) is 12.0 Å². The minimum absolute atomic E-state index is 0.00324. The van der Waals surface area contributed by atoms with Gasteiger partial charge in [-0.25, -0.2) is 4.79 Å². The molecule has 0 unspecified atom stereocenters. The Kier molecular flexibility index (Phi) is 5.98. The molecule has 1 aliphatic heterocycles. The Morgan fingerprint density at radius 3 is 2.48 bits per heavy atom. The van der Waals surface area contributed by atoms with Crippen molar-refractivity contribution in [1.82, 2.24) is 5.32 Å². The van der Waals surface area contributed by atoms with Gasteiger partial charge in [0.05, 0.1) is 25.4 Å². The molecule has 0 bridgehead atoms. The van der Waals surface area contributed by atoms with E-state index in [4.69, 9.17) is 4.42 Å². The van der Waals surface area contributed by atoms with E-state index in [0.29, 0.717) is 11.0 Å². The van der Waals surface area contributed by atoms with Crippen molar-refractivity contribution in [3.8, 4) is 6.07 Å². The molecule has 1 aromatic heterocycles. The van der Waals surface area contributed by atoms with E-state index < -0.39 is 42.5 Å². The summed E-state index contributed by atoms with van der Waals surface area (Å²) in [5.41, 5.74) is -1.47. The first-order valence-corrected chi connectivity index (χ1v) is 9.05. The van der Waals surface area contributed by atoms with E-state index in [1.807, 2.05) is 6.07 Å². The monoisotopic (exact) mass is 399 g/mol. The fourth-order valence-electron chi connectivity index (χ4n) is 2.87. The van der Waals surface area contributed by atoms with Gasteiger partial charge in [0.2, 0.25) is 0 Å². The summed E-state index contributed by atoms with van der Waals surface area (Å²) in [6.07, 6.45) is 2.19. The van der Waals surface area contributed by atoms with E-state index in [1.165, 1.54) is 6.07 Å². The van der Waals surface area contributed by atoms with Gasteiger partial charge in [-0.15, -0.1) is 0 Å². The quantitative estimate of drug-likeness (QED) is 0.283. The summed E-state index contributed by atoms with van der Waals surface area (Å²) in [5, 5.41) is 40.1. The molecule has 0 saturated carbocycles. The zero-order valence-electron chi connectivity index (χ0n) is 15.6. The topological polar surface area (TPSA) is 147 Å². The third kappa shape index (κ3) is 4.14. The van der Waals surface area contributed by atoms with E-state index in [2.05, 4.69) is 10.2 Å². The van der Waals surface area contributed by atoms with Crippen molar-refractivity contribution in [3.63, 3.8) is 0 Å². The van der Waals surface area contributed by atoms with Crippen molar-refractivity contribution < 1.29 is 24.5 Å². The van der Waals surface area contributed by atoms with E-state index in [0.717, 1.165) is 31.3 Å². The number of aliphatic hydroxyl groups excluding tert-OH is 3. The Morgan fingerprint density at radius 2 is 1.93 bits per heavy atom. The van der Waals surface area contributed by atoms with Crippen LogP contribution < -0.4 is 15.8 Å². The van der Waals surface area contributed by atoms with Crippen molar-refractivity contribution in [2.45, 2.75) is 12.0 Å². The van der Waals surface area contributed by atoms with Crippen molar-refractivity contribution in [1.29, 1.82) is 5.26 Å². The molecule has 2 heterocycles. The minimum atomic E-state index is -1.69. The molecule has 0 aliphatic carbocycles. The number of rotatable bonds is 7. The molecule has 2 aromatic rings. The molecular formula is C20H21N3O6. The Labute approximate surface area is 166 Å². The largest absolute Gasteiger partial charge is 0.422 e. The number of aliphatic hydroxyl groups is 3. The van der Waals surface area contributed by atoms with Crippen molar-refractivity contribution in [3.05, 3.63) is 45.8 Å². The smallest absolute Gasteiger partial charge is 0.343 e. The lowest BCUT2D eigenvalue weighted by Gasteiger charge is -2.33. The molecule has 0 spiro atoms. The third-order valence-electron chi connectivity index (χ3n) is 4.92. The number of amides is 1. The average Bonchev–Trinajstić information content (AvgIpc) is 2.69. The molecule has 152 valence electrons. The SMILES string of the molecule is N#C/C(=C\c1cc2ccc(N3CCC3)cc2oc1=O)C(=O)NC(CO)(CO)CO. The Balaban J connectivity index is 1.92. The van der Waals surface area contributed by atoms with E-state index >= 15 is 0 Å². The first-order chi connectivity index (χ1) is 13.9. The molecule has 1 fully saturated rings. The third-order valence-corrected chi connectivity index (χ3v) is 4.92. The fraction of sp³-hybridized carbons (Fsp3) is 0.350. The first kappa shape index (κ1) is 20.5. The van der Waals surface area contributed by atoms with Crippen LogP contribution in [0.25, 0.3) is 17.0 Å². The summed E-state index contributed by atoms with van der Waals surface area (Å²) in [6.45, 7) is -0.297. The normalized spacial score (nSPS) is 14.4. The molecule has 1 aromatic carbocycles. The van der Waals surface area contributed by atoms with Gasteiger partial charge in [0.25, 0.3) is 5.91 Å². The second kappa shape index (κ2) is 8.45. The predicted octanol–water partition coefficient (Wildman–Crippen LogP) is -0.258. The lowest BCUT2D eigenvalue weighted by Crippen LogP contribution is -2.57. The van der Waals surface area contributed by atoms with Gasteiger partial charge in [0, 0.05) is 30.2 Å².